The van der Waals surface area contributed by atoms with Crippen molar-refractivity contribution in [3.05, 3.63) is 64.8 Å². The highest BCUT2D eigenvalue weighted by atomic mass is 35.5. The van der Waals surface area contributed by atoms with Gasteiger partial charge in [-0.3, -0.25) is 4.68 Å². The lowest BCUT2D eigenvalue weighted by Crippen LogP contribution is -2.19. The van der Waals surface area contributed by atoms with Gasteiger partial charge in [0.05, 0.1) is 11.2 Å². The Balaban J connectivity index is 1.94. The van der Waals surface area contributed by atoms with Crippen molar-refractivity contribution in [2.24, 2.45) is 7.05 Å². The highest BCUT2D eigenvalue weighted by Gasteiger charge is 2.15. The van der Waals surface area contributed by atoms with Gasteiger partial charge in [0.15, 0.2) is 0 Å². The summed E-state index contributed by atoms with van der Waals surface area (Å²) in [5, 5.41) is 10.0. The topological polar surface area (TPSA) is 29.9 Å². The van der Waals surface area contributed by atoms with Gasteiger partial charge in [0.25, 0.3) is 0 Å². The molecule has 0 aliphatic rings. The molecule has 0 saturated carbocycles. The van der Waals surface area contributed by atoms with E-state index >= 15 is 0 Å². The van der Waals surface area contributed by atoms with Crippen molar-refractivity contribution in [3.8, 4) is 0 Å². The molecule has 1 aromatic heterocycles. The number of hydrogen-bond donors (Lipinski definition) is 1. The standard InChI is InChI=1S/C17H18ClN3/c1-19-15(12-7-9-13(18)10-8-12)11-16-14-5-3-4-6-17(14)21(2)20-16/h3-10,15,19H,11H2,1-2H3. The zero-order valence-electron chi connectivity index (χ0n) is 12.2. The number of para-hydroxylation sites is 1. The van der Waals surface area contributed by atoms with E-state index in [9.17, 15) is 0 Å². The zero-order valence-corrected chi connectivity index (χ0v) is 12.9. The Morgan fingerprint density at radius 3 is 2.57 bits per heavy atom. The Bertz CT molecular complexity index is 746. The minimum atomic E-state index is 0.223. The van der Waals surface area contributed by atoms with Crippen molar-refractivity contribution in [1.82, 2.24) is 15.1 Å². The van der Waals surface area contributed by atoms with Gasteiger partial charge in [-0.05, 0) is 30.8 Å². The van der Waals surface area contributed by atoms with E-state index in [1.165, 1.54) is 16.5 Å². The van der Waals surface area contributed by atoms with E-state index in [-0.39, 0.29) is 6.04 Å². The molecule has 0 radical (unpaired) electrons. The smallest absolute Gasteiger partial charge is 0.0722 e. The van der Waals surface area contributed by atoms with Gasteiger partial charge in [-0.2, -0.15) is 5.10 Å². The molecule has 3 rings (SSSR count). The lowest BCUT2D eigenvalue weighted by atomic mass is 10.0. The largest absolute Gasteiger partial charge is 0.313 e. The molecule has 0 bridgehead atoms. The number of aryl methyl sites for hydroxylation is 1. The molecule has 3 aromatic rings. The number of nitrogens with one attached hydrogen (secondary N) is 1. The molecule has 1 N–H and O–H groups in total. The van der Waals surface area contributed by atoms with Crippen LogP contribution in [0, 0.1) is 0 Å². The van der Waals surface area contributed by atoms with Crippen LogP contribution in [0.15, 0.2) is 48.5 Å². The Hall–Kier alpha value is -1.84. The third-order valence-electron chi connectivity index (χ3n) is 3.85. The molecule has 2 aromatic carbocycles. The van der Waals surface area contributed by atoms with Gasteiger partial charge >= 0.3 is 0 Å². The van der Waals surface area contributed by atoms with Crippen LogP contribution >= 0.6 is 11.6 Å². The monoisotopic (exact) mass is 299 g/mol. The second-order valence-electron chi connectivity index (χ2n) is 5.18. The van der Waals surface area contributed by atoms with Crippen LogP contribution in [0.5, 0.6) is 0 Å². The van der Waals surface area contributed by atoms with E-state index < -0.39 is 0 Å². The summed E-state index contributed by atoms with van der Waals surface area (Å²) in [7, 11) is 3.97. The normalized spacial score (nSPS) is 12.7. The molecule has 0 amide bonds. The fraction of sp³-hybridized carbons (Fsp3) is 0.235. The first kappa shape index (κ1) is 14.1. The van der Waals surface area contributed by atoms with Crippen molar-refractivity contribution in [2.45, 2.75) is 12.5 Å². The molecule has 1 heterocycles. The van der Waals surface area contributed by atoms with Gasteiger partial charge in [0, 0.05) is 29.9 Å². The molecule has 1 atom stereocenters. The highest BCUT2D eigenvalue weighted by molar-refractivity contribution is 6.30. The Morgan fingerprint density at radius 2 is 1.86 bits per heavy atom. The van der Waals surface area contributed by atoms with E-state index in [4.69, 9.17) is 11.6 Å². The second-order valence-corrected chi connectivity index (χ2v) is 5.62. The molecule has 108 valence electrons. The maximum Gasteiger partial charge on any atom is 0.0722 e. The number of hydrogen-bond acceptors (Lipinski definition) is 2. The molecule has 4 heteroatoms. The third kappa shape index (κ3) is 2.80. The number of aromatic nitrogens is 2. The second kappa shape index (κ2) is 5.88. The quantitative estimate of drug-likeness (QED) is 0.795. The van der Waals surface area contributed by atoms with Crippen LogP contribution < -0.4 is 5.32 Å². The van der Waals surface area contributed by atoms with Gasteiger partial charge in [0.2, 0.25) is 0 Å². The summed E-state index contributed by atoms with van der Waals surface area (Å²) in [4.78, 5) is 0. The summed E-state index contributed by atoms with van der Waals surface area (Å²) >= 11 is 5.97. The Morgan fingerprint density at radius 1 is 1.14 bits per heavy atom. The van der Waals surface area contributed by atoms with Gasteiger partial charge < -0.3 is 5.32 Å². The number of benzene rings is 2. The van der Waals surface area contributed by atoms with Crippen LogP contribution in [-0.2, 0) is 13.5 Å². The van der Waals surface area contributed by atoms with Crippen molar-refractivity contribution < 1.29 is 0 Å². The Labute approximate surface area is 129 Å². The Kier molecular flexibility index (Phi) is 3.95. The fourth-order valence-electron chi connectivity index (χ4n) is 2.71. The minimum absolute atomic E-state index is 0.223. The van der Waals surface area contributed by atoms with Crippen molar-refractivity contribution >= 4 is 22.5 Å². The van der Waals surface area contributed by atoms with Crippen molar-refractivity contribution in [1.29, 1.82) is 0 Å². The number of nitrogens with zero attached hydrogens (tertiary/aromatic N) is 2. The summed E-state index contributed by atoms with van der Waals surface area (Å²) < 4.78 is 1.94. The molecular formula is C17H18ClN3. The van der Waals surface area contributed by atoms with Crippen LogP contribution in [0.4, 0.5) is 0 Å². The lowest BCUT2D eigenvalue weighted by Gasteiger charge is -2.15. The van der Waals surface area contributed by atoms with Crippen LogP contribution in [-0.4, -0.2) is 16.8 Å². The molecule has 0 fully saturated rings. The number of fused-ring (bicyclic) bond motifs is 1. The van der Waals surface area contributed by atoms with Crippen LogP contribution in [0.3, 0.4) is 0 Å². The third-order valence-corrected chi connectivity index (χ3v) is 4.10. The molecule has 21 heavy (non-hydrogen) atoms. The van der Waals surface area contributed by atoms with Gasteiger partial charge in [-0.1, -0.05) is 41.9 Å². The summed E-state index contributed by atoms with van der Waals surface area (Å²) in [6.45, 7) is 0. The van der Waals surface area contributed by atoms with E-state index in [0.29, 0.717) is 0 Å². The molecule has 1 unspecified atom stereocenters. The predicted octanol–water partition coefficient (Wildman–Crippen LogP) is 3.73. The fourth-order valence-corrected chi connectivity index (χ4v) is 2.84. The molecular weight excluding hydrogens is 282 g/mol. The lowest BCUT2D eigenvalue weighted by molar-refractivity contribution is 0.579. The van der Waals surface area contributed by atoms with Crippen molar-refractivity contribution in [3.63, 3.8) is 0 Å². The van der Waals surface area contributed by atoms with E-state index in [1.807, 2.05) is 37.0 Å². The predicted molar refractivity (Wildman–Crippen MR) is 87.7 cm³/mol. The SMILES string of the molecule is CNC(Cc1nn(C)c2ccccc12)c1ccc(Cl)cc1. The van der Waals surface area contributed by atoms with Gasteiger partial charge in [-0.25, -0.2) is 0 Å². The first-order valence-corrected chi connectivity index (χ1v) is 7.40. The average molecular weight is 300 g/mol. The molecule has 0 saturated heterocycles. The summed E-state index contributed by atoms with van der Waals surface area (Å²) in [6, 6.07) is 16.5. The first-order chi connectivity index (χ1) is 10.2. The zero-order chi connectivity index (χ0) is 14.8. The summed E-state index contributed by atoms with van der Waals surface area (Å²) in [6.07, 6.45) is 0.847. The molecule has 3 nitrogen and oxygen atoms in total. The maximum atomic E-state index is 5.97. The van der Waals surface area contributed by atoms with E-state index in [1.54, 1.807) is 0 Å². The highest BCUT2D eigenvalue weighted by Crippen LogP contribution is 2.24. The summed E-state index contributed by atoms with van der Waals surface area (Å²) in [5.41, 5.74) is 3.50. The number of halogens is 1. The average Bonchev–Trinajstić information content (AvgIpc) is 2.83. The van der Waals surface area contributed by atoms with Crippen LogP contribution in [0.2, 0.25) is 5.02 Å². The van der Waals surface area contributed by atoms with Gasteiger partial charge in [-0.15, -0.1) is 0 Å². The van der Waals surface area contributed by atoms with E-state index in [2.05, 4.69) is 40.7 Å². The number of rotatable bonds is 4. The molecule has 0 spiro atoms. The molecule has 0 aliphatic carbocycles. The van der Waals surface area contributed by atoms with Crippen molar-refractivity contribution in [2.75, 3.05) is 7.05 Å². The minimum Gasteiger partial charge on any atom is -0.313 e. The van der Waals surface area contributed by atoms with Gasteiger partial charge in [0.1, 0.15) is 0 Å². The van der Waals surface area contributed by atoms with Crippen LogP contribution in [0.25, 0.3) is 10.9 Å². The first-order valence-electron chi connectivity index (χ1n) is 7.02. The van der Waals surface area contributed by atoms with E-state index in [0.717, 1.165) is 17.1 Å². The summed E-state index contributed by atoms with van der Waals surface area (Å²) in [5.74, 6) is 0. The maximum absolute atomic E-state index is 5.97. The number of likely N-dealkylation sites (N-methyl/N-ethyl adjacent to an activating group) is 1. The van der Waals surface area contributed by atoms with Crippen LogP contribution in [0.1, 0.15) is 17.3 Å². The molecule has 0 aliphatic heterocycles.